The van der Waals surface area contributed by atoms with Crippen LogP contribution in [0.1, 0.15) is 42.9 Å². The molecule has 2 rings (SSSR count). The first-order valence-corrected chi connectivity index (χ1v) is 7.71. The highest BCUT2D eigenvalue weighted by molar-refractivity contribution is 5.39. The van der Waals surface area contributed by atoms with Crippen molar-refractivity contribution in [2.75, 3.05) is 6.54 Å². The molecule has 0 aliphatic carbocycles. The minimum Gasteiger partial charge on any atom is -0.457 e. The van der Waals surface area contributed by atoms with Crippen molar-refractivity contribution in [1.29, 1.82) is 0 Å². The van der Waals surface area contributed by atoms with Gasteiger partial charge in [-0.05, 0) is 73.2 Å². The Hall–Kier alpha value is -1.80. The molecule has 0 fully saturated rings. The summed E-state index contributed by atoms with van der Waals surface area (Å²) in [6, 6.07) is 14.6. The average Bonchev–Trinajstić information content (AvgIpc) is 2.50. The summed E-state index contributed by atoms with van der Waals surface area (Å²) in [4.78, 5) is 0. The van der Waals surface area contributed by atoms with Gasteiger partial charge in [0.1, 0.15) is 11.5 Å². The van der Waals surface area contributed by atoms with Crippen LogP contribution in [0.2, 0.25) is 0 Å². The number of nitrogens with two attached hydrogens (primary N) is 1. The van der Waals surface area contributed by atoms with E-state index in [1.54, 1.807) is 0 Å². The first kappa shape index (κ1) is 15.6. The van der Waals surface area contributed by atoms with Gasteiger partial charge >= 0.3 is 0 Å². The third-order valence-electron chi connectivity index (χ3n) is 4.02. The first-order chi connectivity index (χ1) is 10.1. The lowest BCUT2D eigenvalue weighted by molar-refractivity contribution is 0.481. The molecule has 2 N–H and O–H groups in total. The molecule has 0 aliphatic heterocycles. The van der Waals surface area contributed by atoms with Crippen molar-refractivity contribution in [2.45, 2.75) is 39.5 Å². The molecule has 2 heteroatoms. The lowest BCUT2D eigenvalue weighted by Gasteiger charge is -2.12. The van der Waals surface area contributed by atoms with E-state index in [-0.39, 0.29) is 0 Å². The Kier molecular flexibility index (Phi) is 5.40. The molecule has 2 nitrogen and oxygen atoms in total. The van der Waals surface area contributed by atoms with Crippen LogP contribution in [0.15, 0.2) is 42.5 Å². The second kappa shape index (κ2) is 7.28. The molecule has 1 atom stereocenters. The van der Waals surface area contributed by atoms with Gasteiger partial charge in [-0.3, -0.25) is 0 Å². The number of benzene rings is 2. The van der Waals surface area contributed by atoms with Crippen LogP contribution in [0.4, 0.5) is 0 Å². The van der Waals surface area contributed by atoms with Gasteiger partial charge in [0, 0.05) is 0 Å². The van der Waals surface area contributed by atoms with Gasteiger partial charge in [0.15, 0.2) is 0 Å². The van der Waals surface area contributed by atoms with Crippen molar-refractivity contribution in [3.63, 3.8) is 0 Å². The third kappa shape index (κ3) is 4.08. The summed E-state index contributed by atoms with van der Waals surface area (Å²) >= 11 is 0. The van der Waals surface area contributed by atoms with E-state index in [2.05, 4.69) is 45.0 Å². The first-order valence-electron chi connectivity index (χ1n) is 7.71. The Labute approximate surface area is 127 Å². The normalized spacial score (nSPS) is 12.2. The lowest BCUT2D eigenvalue weighted by Crippen LogP contribution is -2.04. The Morgan fingerprint density at radius 1 is 1.05 bits per heavy atom. The second-order valence-electron chi connectivity index (χ2n) is 5.61. The molecule has 2 aromatic rings. The molecular formula is C19H25NO. The number of rotatable bonds is 6. The summed E-state index contributed by atoms with van der Waals surface area (Å²) in [5.74, 6) is 2.36. The van der Waals surface area contributed by atoms with Gasteiger partial charge in [-0.25, -0.2) is 0 Å². The molecule has 0 spiro atoms. The van der Waals surface area contributed by atoms with Crippen molar-refractivity contribution in [2.24, 2.45) is 5.73 Å². The van der Waals surface area contributed by atoms with Crippen molar-refractivity contribution in [3.05, 3.63) is 59.2 Å². The van der Waals surface area contributed by atoms with E-state index in [9.17, 15) is 0 Å². The van der Waals surface area contributed by atoms with Gasteiger partial charge < -0.3 is 10.5 Å². The van der Waals surface area contributed by atoms with Gasteiger partial charge in [0.2, 0.25) is 0 Å². The SMILES string of the molecule is CCC(C)c1ccc(Oc2ccc(CCN)c(C)c2)cc1. The summed E-state index contributed by atoms with van der Waals surface area (Å²) in [6.45, 7) is 7.23. The fourth-order valence-electron chi connectivity index (χ4n) is 2.40. The number of ether oxygens (including phenoxy) is 1. The summed E-state index contributed by atoms with van der Waals surface area (Å²) in [5.41, 5.74) is 9.49. The standard InChI is InChI=1S/C19H25NO/c1-4-14(2)16-5-8-18(9-6-16)21-19-10-7-17(11-12-20)15(3)13-19/h5-10,13-14H,4,11-12,20H2,1-3H3. The molecule has 112 valence electrons. The zero-order valence-electron chi connectivity index (χ0n) is 13.2. The predicted octanol–water partition coefficient (Wildman–Crippen LogP) is 4.80. The molecular weight excluding hydrogens is 258 g/mol. The molecule has 0 heterocycles. The maximum absolute atomic E-state index is 5.93. The monoisotopic (exact) mass is 283 g/mol. The number of aryl methyl sites for hydroxylation is 1. The van der Waals surface area contributed by atoms with Crippen molar-refractivity contribution >= 4 is 0 Å². The highest BCUT2D eigenvalue weighted by Gasteiger charge is 2.05. The maximum atomic E-state index is 5.93. The van der Waals surface area contributed by atoms with Crippen LogP contribution in [-0.2, 0) is 6.42 Å². The van der Waals surface area contributed by atoms with E-state index in [1.807, 2.05) is 18.2 Å². The summed E-state index contributed by atoms with van der Waals surface area (Å²) in [6.07, 6.45) is 2.07. The molecule has 0 amide bonds. The van der Waals surface area contributed by atoms with Gasteiger partial charge in [-0.1, -0.05) is 32.0 Å². The zero-order chi connectivity index (χ0) is 15.2. The van der Waals surface area contributed by atoms with Crippen LogP contribution in [0.25, 0.3) is 0 Å². The second-order valence-corrected chi connectivity index (χ2v) is 5.61. The summed E-state index contributed by atoms with van der Waals surface area (Å²) in [5, 5.41) is 0. The molecule has 1 unspecified atom stereocenters. The van der Waals surface area contributed by atoms with Gasteiger partial charge in [0.25, 0.3) is 0 Å². The number of hydrogen-bond acceptors (Lipinski definition) is 2. The summed E-state index contributed by atoms with van der Waals surface area (Å²) in [7, 11) is 0. The maximum Gasteiger partial charge on any atom is 0.127 e. The predicted molar refractivity (Wildman–Crippen MR) is 89.2 cm³/mol. The fourth-order valence-corrected chi connectivity index (χ4v) is 2.40. The fraction of sp³-hybridized carbons (Fsp3) is 0.368. The third-order valence-corrected chi connectivity index (χ3v) is 4.02. The summed E-state index contributed by atoms with van der Waals surface area (Å²) < 4.78 is 5.93. The van der Waals surface area contributed by atoms with E-state index in [1.165, 1.54) is 16.7 Å². The van der Waals surface area contributed by atoms with Gasteiger partial charge in [-0.15, -0.1) is 0 Å². The van der Waals surface area contributed by atoms with Crippen LogP contribution in [0.3, 0.4) is 0 Å². The molecule has 2 aromatic carbocycles. The lowest BCUT2D eigenvalue weighted by atomic mass is 9.99. The topological polar surface area (TPSA) is 35.2 Å². The van der Waals surface area contributed by atoms with Crippen molar-refractivity contribution in [3.8, 4) is 11.5 Å². The smallest absolute Gasteiger partial charge is 0.127 e. The van der Waals surface area contributed by atoms with Crippen molar-refractivity contribution in [1.82, 2.24) is 0 Å². The van der Waals surface area contributed by atoms with Crippen LogP contribution in [0.5, 0.6) is 11.5 Å². The Bertz CT molecular complexity index is 575. The molecule has 0 bridgehead atoms. The van der Waals surface area contributed by atoms with E-state index in [4.69, 9.17) is 10.5 Å². The molecule has 0 saturated heterocycles. The highest BCUT2D eigenvalue weighted by Crippen LogP contribution is 2.26. The Morgan fingerprint density at radius 3 is 2.29 bits per heavy atom. The van der Waals surface area contributed by atoms with E-state index in [0.717, 1.165) is 24.3 Å². The highest BCUT2D eigenvalue weighted by atomic mass is 16.5. The molecule has 0 aromatic heterocycles. The van der Waals surface area contributed by atoms with Crippen LogP contribution in [-0.4, -0.2) is 6.54 Å². The molecule has 0 radical (unpaired) electrons. The number of hydrogen-bond donors (Lipinski definition) is 1. The average molecular weight is 283 g/mol. The van der Waals surface area contributed by atoms with E-state index in [0.29, 0.717) is 12.5 Å². The van der Waals surface area contributed by atoms with Crippen molar-refractivity contribution < 1.29 is 4.74 Å². The van der Waals surface area contributed by atoms with Crippen LogP contribution >= 0.6 is 0 Å². The minimum atomic E-state index is 0.594. The Morgan fingerprint density at radius 2 is 1.71 bits per heavy atom. The molecule has 21 heavy (non-hydrogen) atoms. The van der Waals surface area contributed by atoms with Gasteiger partial charge in [-0.2, -0.15) is 0 Å². The zero-order valence-corrected chi connectivity index (χ0v) is 13.2. The molecule has 0 aliphatic rings. The van der Waals surface area contributed by atoms with E-state index < -0.39 is 0 Å². The van der Waals surface area contributed by atoms with Crippen LogP contribution in [0, 0.1) is 6.92 Å². The minimum absolute atomic E-state index is 0.594. The molecule has 0 saturated carbocycles. The van der Waals surface area contributed by atoms with Gasteiger partial charge in [0.05, 0.1) is 0 Å². The van der Waals surface area contributed by atoms with Crippen LogP contribution < -0.4 is 10.5 Å². The quantitative estimate of drug-likeness (QED) is 0.826. The largest absolute Gasteiger partial charge is 0.457 e. The van der Waals surface area contributed by atoms with E-state index >= 15 is 0 Å². The Balaban J connectivity index is 2.09.